The Kier molecular flexibility index (Phi) is 10.4. The highest BCUT2D eigenvalue weighted by Gasteiger charge is 2.31. The predicted molar refractivity (Wildman–Crippen MR) is 151 cm³/mol. The second kappa shape index (κ2) is 13.7. The van der Waals surface area contributed by atoms with E-state index in [0.717, 1.165) is 17.1 Å². The molecule has 9 nitrogen and oxygen atoms in total. The summed E-state index contributed by atoms with van der Waals surface area (Å²) < 4.78 is 50.4. The van der Waals surface area contributed by atoms with Gasteiger partial charge in [0.25, 0.3) is 10.0 Å². The average Bonchev–Trinajstić information content (AvgIpc) is 2.97. The molecule has 1 amide bonds. The average molecular weight is 557 g/mol. The normalized spacial score (nSPS) is 11.8. The van der Waals surface area contributed by atoms with E-state index < -0.39 is 22.5 Å². The van der Waals surface area contributed by atoms with Gasteiger partial charge in [-0.05, 0) is 42.2 Å². The number of sulfonamides is 1. The Morgan fingerprint density at radius 3 is 2.13 bits per heavy atom. The Morgan fingerprint density at radius 2 is 1.51 bits per heavy atom. The van der Waals surface area contributed by atoms with Gasteiger partial charge >= 0.3 is 0 Å². The molecule has 0 aliphatic rings. The molecule has 3 aromatic carbocycles. The number of hydrogen-bond donors (Lipinski definition) is 1. The molecule has 0 saturated heterocycles. The molecule has 0 heterocycles. The molecule has 210 valence electrons. The molecule has 0 spiro atoms. The first-order chi connectivity index (χ1) is 18.8. The summed E-state index contributed by atoms with van der Waals surface area (Å²) in [7, 11) is 1.54. The van der Waals surface area contributed by atoms with Crippen LogP contribution in [0, 0.1) is 5.92 Å². The van der Waals surface area contributed by atoms with Crippen molar-refractivity contribution in [2.75, 3.05) is 45.8 Å². The van der Waals surface area contributed by atoms with Crippen LogP contribution in [0.1, 0.15) is 18.9 Å². The SMILES string of the molecule is CCC(CNC(=O)CN(c1cc(OC)ccc1OC)S(=O)(=O)c1ccc(OC)c(OC)c1)Cc1ccccc1. The van der Waals surface area contributed by atoms with Crippen LogP contribution in [0.4, 0.5) is 5.69 Å². The maximum Gasteiger partial charge on any atom is 0.265 e. The molecule has 0 aliphatic heterocycles. The van der Waals surface area contributed by atoms with Gasteiger partial charge in [-0.15, -0.1) is 0 Å². The van der Waals surface area contributed by atoms with Gasteiger partial charge in [0.05, 0.1) is 39.0 Å². The minimum Gasteiger partial charge on any atom is -0.497 e. The topological polar surface area (TPSA) is 103 Å². The third kappa shape index (κ3) is 7.35. The van der Waals surface area contributed by atoms with Gasteiger partial charge < -0.3 is 24.3 Å². The fourth-order valence-corrected chi connectivity index (χ4v) is 5.59. The summed E-state index contributed by atoms with van der Waals surface area (Å²) in [6.07, 6.45) is 1.65. The molecule has 1 unspecified atom stereocenters. The number of anilines is 1. The molecule has 0 saturated carbocycles. The summed E-state index contributed by atoms with van der Waals surface area (Å²) in [5, 5.41) is 2.92. The summed E-state index contributed by atoms with van der Waals surface area (Å²) >= 11 is 0. The molecular weight excluding hydrogens is 520 g/mol. The minimum absolute atomic E-state index is 0.0756. The first kappa shape index (κ1) is 29.6. The van der Waals surface area contributed by atoms with Gasteiger partial charge in [-0.2, -0.15) is 0 Å². The van der Waals surface area contributed by atoms with Crippen LogP contribution < -0.4 is 28.6 Å². The van der Waals surface area contributed by atoms with Crippen molar-refractivity contribution >= 4 is 21.6 Å². The van der Waals surface area contributed by atoms with Crippen molar-refractivity contribution in [2.45, 2.75) is 24.7 Å². The van der Waals surface area contributed by atoms with E-state index in [0.29, 0.717) is 18.0 Å². The fourth-order valence-electron chi connectivity index (χ4n) is 4.15. The molecule has 3 aromatic rings. The number of ether oxygens (including phenoxy) is 4. The van der Waals surface area contributed by atoms with Crippen molar-refractivity contribution in [1.29, 1.82) is 0 Å². The monoisotopic (exact) mass is 556 g/mol. The Balaban J connectivity index is 1.94. The van der Waals surface area contributed by atoms with E-state index in [1.807, 2.05) is 18.2 Å². The van der Waals surface area contributed by atoms with Gasteiger partial charge in [-0.25, -0.2) is 8.42 Å². The molecule has 0 aliphatic carbocycles. The zero-order chi connectivity index (χ0) is 28.4. The van der Waals surface area contributed by atoms with Crippen molar-refractivity contribution in [2.24, 2.45) is 5.92 Å². The van der Waals surface area contributed by atoms with E-state index in [9.17, 15) is 13.2 Å². The van der Waals surface area contributed by atoms with Crippen molar-refractivity contribution < 1.29 is 32.2 Å². The van der Waals surface area contributed by atoms with E-state index >= 15 is 0 Å². The van der Waals surface area contributed by atoms with Crippen LogP contribution in [-0.4, -0.2) is 55.9 Å². The molecule has 0 fully saturated rings. The highest BCUT2D eigenvalue weighted by atomic mass is 32.2. The number of methoxy groups -OCH3 is 4. The van der Waals surface area contributed by atoms with Crippen molar-refractivity contribution in [3.8, 4) is 23.0 Å². The molecular formula is C29H36N2O7S. The van der Waals surface area contributed by atoms with Crippen LogP contribution in [0.15, 0.2) is 71.6 Å². The quantitative estimate of drug-likeness (QED) is 0.316. The minimum atomic E-state index is -4.26. The van der Waals surface area contributed by atoms with Crippen molar-refractivity contribution in [3.63, 3.8) is 0 Å². The van der Waals surface area contributed by atoms with Crippen LogP contribution in [0.3, 0.4) is 0 Å². The highest BCUT2D eigenvalue weighted by molar-refractivity contribution is 7.92. The predicted octanol–water partition coefficient (Wildman–Crippen LogP) is 4.30. The smallest absolute Gasteiger partial charge is 0.265 e. The first-order valence-electron chi connectivity index (χ1n) is 12.5. The standard InChI is InChI=1S/C29H36N2O7S/c1-6-21(16-22-10-8-7-9-11-22)19-30-29(32)20-31(25-17-23(35-2)12-14-26(25)36-3)39(33,34)24-13-15-27(37-4)28(18-24)38-5/h7-15,17-18,21H,6,16,19-20H2,1-5H3,(H,30,32). The summed E-state index contributed by atoms with van der Waals surface area (Å²) in [5.74, 6) is 1.04. The lowest BCUT2D eigenvalue weighted by atomic mass is 9.97. The number of nitrogens with zero attached hydrogens (tertiary/aromatic N) is 1. The Morgan fingerprint density at radius 1 is 0.846 bits per heavy atom. The van der Waals surface area contributed by atoms with Crippen LogP contribution in [-0.2, 0) is 21.2 Å². The number of nitrogens with one attached hydrogen (secondary N) is 1. The van der Waals surface area contributed by atoms with Gasteiger partial charge in [0.2, 0.25) is 5.91 Å². The van der Waals surface area contributed by atoms with E-state index in [-0.39, 0.29) is 28.0 Å². The summed E-state index contributed by atoms with van der Waals surface area (Å²) in [5.41, 5.74) is 1.34. The van der Waals surface area contributed by atoms with Gasteiger partial charge in [0, 0.05) is 18.7 Å². The summed E-state index contributed by atoms with van der Waals surface area (Å²) in [4.78, 5) is 13.1. The van der Waals surface area contributed by atoms with Crippen molar-refractivity contribution in [3.05, 3.63) is 72.3 Å². The number of benzene rings is 3. The highest BCUT2D eigenvalue weighted by Crippen LogP contribution is 2.37. The fraction of sp³-hybridized carbons (Fsp3) is 0.345. The number of amides is 1. The zero-order valence-electron chi connectivity index (χ0n) is 23.0. The Bertz CT molecular complexity index is 1350. The maximum atomic E-state index is 14.0. The lowest BCUT2D eigenvalue weighted by molar-refractivity contribution is -0.119. The molecule has 0 radical (unpaired) electrons. The van der Waals surface area contributed by atoms with E-state index in [4.69, 9.17) is 18.9 Å². The molecule has 1 N–H and O–H groups in total. The molecule has 1 atom stereocenters. The lowest BCUT2D eigenvalue weighted by Gasteiger charge is -2.26. The zero-order valence-corrected chi connectivity index (χ0v) is 23.8. The summed E-state index contributed by atoms with van der Waals surface area (Å²) in [6.45, 7) is 2.00. The van der Waals surface area contributed by atoms with Gasteiger partial charge in [0.15, 0.2) is 11.5 Å². The molecule has 3 rings (SSSR count). The van der Waals surface area contributed by atoms with E-state index in [1.54, 1.807) is 12.1 Å². The third-order valence-corrected chi connectivity index (χ3v) is 8.17. The summed E-state index contributed by atoms with van der Waals surface area (Å²) in [6, 6.07) is 19.1. The van der Waals surface area contributed by atoms with Crippen LogP contribution >= 0.6 is 0 Å². The largest absolute Gasteiger partial charge is 0.497 e. The molecule has 39 heavy (non-hydrogen) atoms. The van der Waals surface area contributed by atoms with Gasteiger partial charge in [-0.3, -0.25) is 9.10 Å². The molecule has 10 heteroatoms. The Labute approximate surface area is 230 Å². The first-order valence-corrected chi connectivity index (χ1v) is 14.0. The lowest BCUT2D eigenvalue weighted by Crippen LogP contribution is -2.42. The van der Waals surface area contributed by atoms with Gasteiger partial charge in [-0.1, -0.05) is 43.7 Å². The van der Waals surface area contributed by atoms with E-state index in [1.165, 1.54) is 58.3 Å². The number of carbonyl (C=O) groups is 1. The number of rotatable bonds is 14. The maximum absolute atomic E-state index is 14.0. The third-order valence-electron chi connectivity index (χ3n) is 6.42. The molecule has 0 bridgehead atoms. The number of hydrogen-bond acceptors (Lipinski definition) is 7. The second-order valence-corrected chi connectivity index (χ2v) is 10.7. The number of carbonyl (C=O) groups excluding carboxylic acids is 1. The van der Waals surface area contributed by atoms with Crippen LogP contribution in [0.25, 0.3) is 0 Å². The van der Waals surface area contributed by atoms with Crippen LogP contribution in [0.2, 0.25) is 0 Å². The van der Waals surface area contributed by atoms with E-state index in [2.05, 4.69) is 24.4 Å². The molecule has 0 aromatic heterocycles. The Hall–Kier alpha value is -3.92. The van der Waals surface area contributed by atoms with Crippen molar-refractivity contribution in [1.82, 2.24) is 5.32 Å². The van der Waals surface area contributed by atoms with Gasteiger partial charge in [0.1, 0.15) is 18.0 Å². The second-order valence-electron chi connectivity index (χ2n) is 8.83. The van der Waals surface area contributed by atoms with Crippen LogP contribution in [0.5, 0.6) is 23.0 Å².